The maximum atomic E-state index is 7.72. The van der Waals surface area contributed by atoms with Crippen molar-refractivity contribution >= 4 is 11.5 Å². The van der Waals surface area contributed by atoms with Crippen LogP contribution in [-0.4, -0.2) is 31.6 Å². The third kappa shape index (κ3) is 3.26. The van der Waals surface area contributed by atoms with Gasteiger partial charge in [0.05, 0.1) is 6.10 Å². The molecule has 1 heterocycles. The number of rotatable bonds is 5. The third-order valence-electron chi connectivity index (χ3n) is 3.61. The average Bonchev–Trinajstić information content (AvgIpc) is 2.88. The standard InChI is InChI=1S/C15H23N3O/c1-3-18(10-12-5-4-8-19-12)14-9-11(2)6-7-13(14)15(16)17/h6-7,9,12H,3-5,8,10H2,1-2H3,(H3,16,17). The molecule has 0 bridgehead atoms. The molecule has 3 N–H and O–H groups in total. The summed E-state index contributed by atoms with van der Waals surface area (Å²) in [6, 6.07) is 6.04. The van der Waals surface area contributed by atoms with Crippen LogP contribution in [0.2, 0.25) is 0 Å². The topological polar surface area (TPSA) is 62.3 Å². The summed E-state index contributed by atoms with van der Waals surface area (Å²) in [5.74, 6) is 0.126. The number of anilines is 1. The molecule has 1 aliphatic rings. The number of benzene rings is 1. The van der Waals surface area contributed by atoms with Gasteiger partial charge in [-0.3, -0.25) is 5.41 Å². The predicted molar refractivity (Wildman–Crippen MR) is 79.1 cm³/mol. The van der Waals surface area contributed by atoms with Crippen LogP contribution in [0.3, 0.4) is 0 Å². The molecule has 1 aromatic rings. The van der Waals surface area contributed by atoms with Crippen LogP contribution in [0.4, 0.5) is 5.69 Å². The lowest BCUT2D eigenvalue weighted by Gasteiger charge is -2.28. The Balaban J connectivity index is 2.25. The minimum absolute atomic E-state index is 0.126. The van der Waals surface area contributed by atoms with E-state index in [-0.39, 0.29) is 5.84 Å². The maximum absolute atomic E-state index is 7.72. The van der Waals surface area contributed by atoms with Crippen molar-refractivity contribution in [3.63, 3.8) is 0 Å². The van der Waals surface area contributed by atoms with Gasteiger partial charge >= 0.3 is 0 Å². The molecule has 4 heteroatoms. The molecule has 1 aliphatic heterocycles. The van der Waals surface area contributed by atoms with Crippen LogP contribution < -0.4 is 10.6 Å². The van der Waals surface area contributed by atoms with E-state index in [0.29, 0.717) is 6.10 Å². The number of nitrogens with one attached hydrogen (secondary N) is 1. The number of likely N-dealkylation sites (N-methyl/N-ethyl adjacent to an activating group) is 1. The van der Waals surface area contributed by atoms with Gasteiger partial charge in [0.15, 0.2) is 0 Å². The Bertz CT molecular complexity index is 453. The number of hydrogen-bond acceptors (Lipinski definition) is 3. The highest BCUT2D eigenvalue weighted by Gasteiger charge is 2.20. The number of hydrogen-bond donors (Lipinski definition) is 2. The van der Waals surface area contributed by atoms with Crippen molar-refractivity contribution in [2.75, 3.05) is 24.6 Å². The molecule has 2 rings (SSSR count). The fraction of sp³-hybridized carbons (Fsp3) is 0.533. The first-order valence-corrected chi connectivity index (χ1v) is 6.93. The van der Waals surface area contributed by atoms with E-state index in [9.17, 15) is 0 Å². The molecule has 1 fully saturated rings. The van der Waals surface area contributed by atoms with Crippen molar-refractivity contribution in [1.82, 2.24) is 0 Å². The SMILES string of the molecule is CCN(CC1CCCO1)c1cc(C)ccc1C(=N)N. The molecule has 4 nitrogen and oxygen atoms in total. The van der Waals surface area contributed by atoms with E-state index in [1.807, 2.05) is 12.1 Å². The zero-order valence-corrected chi connectivity index (χ0v) is 11.8. The molecular formula is C15H23N3O. The second-order valence-electron chi connectivity index (χ2n) is 5.11. The third-order valence-corrected chi connectivity index (χ3v) is 3.61. The van der Waals surface area contributed by atoms with E-state index in [0.717, 1.165) is 43.8 Å². The van der Waals surface area contributed by atoms with Crippen LogP contribution in [0.1, 0.15) is 30.9 Å². The first-order valence-electron chi connectivity index (χ1n) is 6.93. The largest absolute Gasteiger partial charge is 0.384 e. The van der Waals surface area contributed by atoms with Crippen molar-refractivity contribution in [2.45, 2.75) is 32.8 Å². The number of amidine groups is 1. The van der Waals surface area contributed by atoms with E-state index in [4.69, 9.17) is 15.9 Å². The van der Waals surface area contributed by atoms with Crippen molar-refractivity contribution in [1.29, 1.82) is 5.41 Å². The van der Waals surface area contributed by atoms with Crippen LogP contribution in [0.15, 0.2) is 18.2 Å². The van der Waals surface area contributed by atoms with Crippen LogP contribution >= 0.6 is 0 Å². The van der Waals surface area contributed by atoms with Gasteiger partial charge in [-0.25, -0.2) is 0 Å². The van der Waals surface area contributed by atoms with Gasteiger partial charge in [0.25, 0.3) is 0 Å². The fourth-order valence-corrected chi connectivity index (χ4v) is 2.56. The Morgan fingerprint density at radius 2 is 2.32 bits per heavy atom. The molecule has 1 saturated heterocycles. The highest BCUT2D eigenvalue weighted by Crippen LogP contribution is 2.24. The monoisotopic (exact) mass is 261 g/mol. The zero-order chi connectivity index (χ0) is 13.8. The van der Waals surface area contributed by atoms with Crippen LogP contribution in [0.5, 0.6) is 0 Å². The van der Waals surface area contributed by atoms with Gasteiger partial charge in [-0.15, -0.1) is 0 Å². The van der Waals surface area contributed by atoms with Gasteiger partial charge in [0.1, 0.15) is 5.84 Å². The molecule has 104 valence electrons. The molecule has 1 unspecified atom stereocenters. The summed E-state index contributed by atoms with van der Waals surface area (Å²) >= 11 is 0. The first kappa shape index (κ1) is 13.9. The van der Waals surface area contributed by atoms with Crippen molar-refractivity contribution in [2.24, 2.45) is 5.73 Å². The zero-order valence-electron chi connectivity index (χ0n) is 11.8. The summed E-state index contributed by atoms with van der Waals surface area (Å²) in [7, 11) is 0. The van der Waals surface area contributed by atoms with Crippen LogP contribution in [0.25, 0.3) is 0 Å². The summed E-state index contributed by atoms with van der Waals surface area (Å²) in [6.07, 6.45) is 2.58. The van der Waals surface area contributed by atoms with Crippen LogP contribution in [0, 0.1) is 12.3 Å². The Labute approximate surface area is 115 Å². The maximum Gasteiger partial charge on any atom is 0.124 e. The number of nitrogen functional groups attached to an aromatic ring is 1. The van der Waals surface area contributed by atoms with E-state index in [1.54, 1.807) is 0 Å². The molecule has 0 radical (unpaired) electrons. The molecule has 0 aliphatic carbocycles. The lowest BCUT2D eigenvalue weighted by atomic mass is 10.1. The molecule has 0 spiro atoms. The van der Waals surface area contributed by atoms with Gasteiger partial charge < -0.3 is 15.4 Å². The number of nitrogens with two attached hydrogens (primary N) is 1. The Kier molecular flexibility index (Phi) is 4.43. The Morgan fingerprint density at radius 1 is 1.53 bits per heavy atom. The normalized spacial score (nSPS) is 18.5. The van der Waals surface area contributed by atoms with Crippen LogP contribution in [-0.2, 0) is 4.74 Å². The fourth-order valence-electron chi connectivity index (χ4n) is 2.56. The van der Waals surface area contributed by atoms with Gasteiger partial charge in [0.2, 0.25) is 0 Å². The van der Waals surface area contributed by atoms with E-state index in [1.165, 1.54) is 5.56 Å². The van der Waals surface area contributed by atoms with E-state index < -0.39 is 0 Å². The number of nitrogens with zero attached hydrogens (tertiary/aromatic N) is 1. The highest BCUT2D eigenvalue weighted by molar-refractivity contribution is 6.00. The van der Waals surface area contributed by atoms with Gasteiger partial charge in [-0.1, -0.05) is 6.07 Å². The molecule has 0 amide bonds. The molecule has 1 atom stereocenters. The lowest BCUT2D eigenvalue weighted by molar-refractivity contribution is 0.115. The molecule has 1 aromatic carbocycles. The van der Waals surface area contributed by atoms with Crippen molar-refractivity contribution in [3.05, 3.63) is 29.3 Å². The summed E-state index contributed by atoms with van der Waals surface area (Å²) in [5.41, 5.74) is 8.73. The van der Waals surface area contributed by atoms with E-state index >= 15 is 0 Å². The molecule has 19 heavy (non-hydrogen) atoms. The first-order chi connectivity index (χ1) is 9.11. The smallest absolute Gasteiger partial charge is 0.124 e. The average molecular weight is 261 g/mol. The second kappa shape index (κ2) is 6.06. The van der Waals surface area contributed by atoms with Gasteiger partial charge in [-0.05, 0) is 44.4 Å². The number of ether oxygens (including phenoxy) is 1. The Hall–Kier alpha value is -1.55. The predicted octanol–water partition coefficient (Wildman–Crippen LogP) is 2.28. The minimum Gasteiger partial charge on any atom is -0.384 e. The summed E-state index contributed by atoms with van der Waals surface area (Å²) < 4.78 is 5.71. The molecule has 0 aromatic heterocycles. The molecule has 0 saturated carbocycles. The Morgan fingerprint density at radius 3 is 2.89 bits per heavy atom. The number of aryl methyl sites for hydroxylation is 1. The second-order valence-corrected chi connectivity index (χ2v) is 5.11. The minimum atomic E-state index is 0.126. The summed E-state index contributed by atoms with van der Waals surface area (Å²) in [5, 5.41) is 7.72. The van der Waals surface area contributed by atoms with Crippen molar-refractivity contribution < 1.29 is 4.74 Å². The van der Waals surface area contributed by atoms with E-state index in [2.05, 4.69) is 24.8 Å². The van der Waals surface area contributed by atoms with Gasteiger partial charge in [0, 0.05) is 30.9 Å². The van der Waals surface area contributed by atoms with Gasteiger partial charge in [-0.2, -0.15) is 0 Å². The quantitative estimate of drug-likeness (QED) is 0.631. The highest BCUT2D eigenvalue weighted by atomic mass is 16.5. The van der Waals surface area contributed by atoms with Crippen molar-refractivity contribution in [3.8, 4) is 0 Å². The molecular weight excluding hydrogens is 238 g/mol. The summed E-state index contributed by atoms with van der Waals surface area (Å²) in [4.78, 5) is 2.26. The summed E-state index contributed by atoms with van der Waals surface area (Å²) in [6.45, 7) is 6.83. The lowest BCUT2D eigenvalue weighted by Crippen LogP contribution is -2.33.